The van der Waals surface area contributed by atoms with Crippen LogP contribution >= 0.6 is 11.6 Å². The number of aromatic nitrogens is 3. The molecule has 0 radical (unpaired) electrons. The van der Waals surface area contributed by atoms with Crippen LogP contribution in [0.3, 0.4) is 0 Å². The maximum absolute atomic E-state index is 6.20. The van der Waals surface area contributed by atoms with Crippen LogP contribution in [-0.2, 0) is 4.74 Å². The van der Waals surface area contributed by atoms with Crippen LogP contribution in [0.15, 0.2) is 12.4 Å². The van der Waals surface area contributed by atoms with Gasteiger partial charge in [0, 0.05) is 13.3 Å². The van der Waals surface area contributed by atoms with Crippen LogP contribution in [0.5, 0.6) is 0 Å². The van der Waals surface area contributed by atoms with E-state index in [1.165, 1.54) is 0 Å². The van der Waals surface area contributed by atoms with Crippen molar-refractivity contribution in [3.8, 4) is 0 Å². The van der Waals surface area contributed by atoms with Gasteiger partial charge in [-0.25, -0.2) is 4.98 Å². The number of nitrogens with two attached hydrogens (primary N) is 1. The van der Waals surface area contributed by atoms with E-state index >= 15 is 0 Å². The number of halogens is 1. The quantitative estimate of drug-likeness (QED) is 0.925. The van der Waals surface area contributed by atoms with Crippen LogP contribution in [0.25, 0.3) is 11.0 Å². The number of rotatable bonds is 4. The zero-order valence-corrected chi connectivity index (χ0v) is 11.5. The smallest absolute Gasteiger partial charge is 0.201 e. The molecule has 2 N–H and O–H groups in total. The van der Waals surface area contributed by atoms with Gasteiger partial charge in [-0.3, -0.25) is 4.98 Å². The summed E-state index contributed by atoms with van der Waals surface area (Å²) in [5.74, 6) is 0.796. The third-order valence-electron chi connectivity index (χ3n) is 3.01. The summed E-state index contributed by atoms with van der Waals surface area (Å²) in [6.45, 7) is 4.79. The number of imidazole rings is 1. The lowest BCUT2D eigenvalue weighted by Gasteiger charge is -2.23. The molecule has 18 heavy (non-hydrogen) atoms. The summed E-state index contributed by atoms with van der Waals surface area (Å²) < 4.78 is 7.21. The van der Waals surface area contributed by atoms with Crippen molar-refractivity contribution in [2.24, 2.45) is 5.92 Å². The van der Waals surface area contributed by atoms with Gasteiger partial charge in [0.25, 0.3) is 0 Å². The molecule has 6 heteroatoms. The van der Waals surface area contributed by atoms with E-state index < -0.39 is 0 Å². The predicted molar refractivity (Wildman–Crippen MR) is 72.7 cm³/mol. The van der Waals surface area contributed by atoms with E-state index in [1.54, 1.807) is 19.5 Å². The topological polar surface area (TPSA) is 66.0 Å². The maximum atomic E-state index is 6.20. The molecule has 1 atom stereocenters. The van der Waals surface area contributed by atoms with Crippen molar-refractivity contribution in [3.63, 3.8) is 0 Å². The Balaban J connectivity index is 2.64. The molecule has 98 valence electrons. The zero-order chi connectivity index (χ0) is 13.3. The lowest BCUT2D eigenvalue weighted by Crippen LogP contribution is -2.21. The van der Waals surface area contributed by atoms with Crippen molar-refractivity contribution < 1.29 is 4.74 Å². The Morgan fingerprint density at radius 2 is 2.17 bits per heavy atom. The number of fused-ring (bicyclic) bond motifs is 1. The number of ether oxygens (including phenoxy) is 1. The second kappa shape index (κ2) is 5.12. The fraction of sp³-hybridized carbons (Fsp3) is 0.500. The van der Waals surface area contributed by atoms with Crippen LogP contribution in [0.1, 0.15) is 19.9 Å². The van der Waals surface area contributed by atoms with E-state index in [4.69, 9.17) is 22.1 Å². The van der Waals surface area contributed by atoms with Crippen molar-refractivity contribution in [3.05, 3.63) is 17.4 Å². The van der Waals surface area contributed by atoms with E-state index in [-0.39, 0.29) is 6.04 Å². The van der Waals surface area contributed by atoms with Crippen LogP contribution < -0.4 is 5.73 Å². The Hall–Kier alpha value is -1.33. The van der Waals surface area contributed by atoms with Crippen LogP contribution in [0.2, 0.25) is 5.02 Å². The Bertz CT molecular complexity index is 552. The first kappa shape index (κ1) is 13.1. The molecule has 0 aliphatic carbocycles. The molecule has 0 aliphatic rings. The predicted octanol–water partition coefficient (Wildman–Crippen LogP) is 2.51. The van der Waals surface area contributed by atoms with Crippen molar-refractivity contribution >= 4 is 28.6 Å². The molecule has 0 aromatic carbocycles. The van der Waals surface area contributed by atoms with Gasteiger partial charge in [0.1, 0.15) is 5.52 Å². The average molecular weight is 269 g/mol. The molecule has 0 aliphatic heterocycles. The van der Waals surface area contributed by atoms with E-state index in [2.05, 4.69) is 23.8 Å². The fourth-order valence-electron chi connectivity index (χ4n) is 2.10. The Morgan fingerprint density at radius 1 is 1.44 bits per heavy atom. The normalized spacial score (nSPS) is 13.4. The number of hydrogen-bond acceptors (Lipinski definition) is 4. The summed E-state index contributed by atoms with van der Waals surface area (Å²) in [6, 6.07) is 0.0971. The number of nitrogen functional groups attached to an aromatic ring is 1. The minimum absolute atomic E-state index is 0.0971. The van der Waals surface area contributed by atoms with E-state index in [9.17, 15) is 0 Å². The third-order valence-corrected chi connectivity index (χ3v) is 3.29. The van der Waals surface area contributed by atoms with Crippen LogP contribution in [0.4, 0.5) is 5.95 Å². The Labute approximate surface area is 111 Å². The molecule has 2 aromatic rings. The molecule has 5 nitrogen and oxygen atoms in total. The molecule has 0 saturated carbocycles. The SMILES string of the molecule is COCC(C(C)C)n1c(N)nc2cncc(Cl)c21. The Kier molecular flexibility index (Phi) is 3.73. The summed E-state index contributed by atoms with van der Waals surface area (Å²) in [6.07, 6.45) is 3.27. The molecular formula is C12H17ClN4O. The zero-order valence-electron chi connectivity index (χ0n) is 10.7. The van der Waals surface area contributed by atoms with Crippen molar-refractivity contribution in [1.82, 2.24) is 14.5 Å². The molecule has 0 fully saturated rings. The standard InChI is InChI=1S/C12H17ClN4O/c1-7(2)10(6-18-3)17-11-8(13)4-15-5-9(11)16-12(17)14/h4-5,7,10H,6H2,1-3H3,(H2,14,16). The van der Waals surface area contributed by atoms with Crippen molar-refractivity contribution in [1.29, 1.82) is 0 Å². The maximum Gasteiger partial charge on any atom is 0.201 e. The summed E-state index contributed by atoms with van der Waals surface area (Å²) in [7, 11) is 1.67. The molecule has 0 spiro atoms. The van der Waals surface area contributed by atoms with E-state index in [1.807, 2.05) is 4.57 Å². The van der Waals surface area contributed by atoms with Gasteiger partial charge in [-0.05, 0) is 5.92 Å². The summed E-state index contributed by atoms with van der Waals surface area (Å²) >= 11 is 6.20. The highest BCUT2D eigenvalue weighted by atomic mass is 35.5. The summed E-state index contributed by atoms with van der Waals surface area (Å²) in [5.41, 5.74) is 7.53. The van der Waals surface area contributed by atoms with Gasteiger partial charge in [0.2, 0.25) is 5.95 Å². The van der Waals surface area contributed by atoms with Crippen LogP contribution in [-0.4, -0.2) is 28.3 Å². The molecule has 0 amide bonds. The molecular weight excluding hydrogens is 252 g/mol. The number of pyridine rings is 1. The fourth-order valence-corrected chi connectivity index (χ4v) is 2.35. The number of hydrogen-bond donors (Lipinski definition) is 1. The largest absolute Gasteiger partial charge is 0.383 e. The van der Waals surface area contributed by atoms with Gasteiger partial charge < -0.3 is 15.0 Å². The second-order valence-electron chi connectivity index (χ2n) is 4.60. The minimum Gasteiger partial charge on any atom is -0.383 e. The van der Waals surface area contributed by atoms with Gasteiger partial charge in [-0.1, -0.05) is 25.4 Å². The monoisotopic (exact) mass is 268 g/mol. The van der Waals surface area contributed by atoms with Crippen molar-refractivity contribution in [2.45, 2.75) is 19.9 Å². The molecule has 2 heterocycles. The molecule has 0 saturated heterocycles. The molecule has 2 aromatic heterocycles. The molecule has 1 unspecified atom stereocenters. The first-order chi connectivity index (χ1) is 8.56. The van der Waals surface area contributed by atoms with Gasteiger partial charge in [-0.2, -0.15) is 0 Å². The highest BCUT2D eigenvalue weighted by molar-refractivity contribution is 6.34. The van der Waals surface area contributed by atoms with Gasteiger partial charge in [-0.15, -0.1) is 0 Å². The average Bonchev–Trinajstić information content (AvgIpc) is 2.63. The summed E-state index contributed by atoms with van der Waals surface area (Å²) in [5, 5.41) is 0.554. The van der Waals surface area contributed by atoms with E-state index in [0.29, 0.717) is 29.0 Å². The van der Waals surface area contributed by atoms with Gasteiger partial charge >= 0.3 is 0 Å². The Morgan fingerprint density at radius 3 is 2.78 bits per heavy atom. The van der Waals surface area contributed by atoms with E-state index in [0.717, 1.165) is 5.52 Å². The highest BCUT2D eigenvalue weighted by Gasteiger charge is 2.22. The first-order valence-electron chi connectivity index (χ1n) is 5.82. The summed E-state index contributed by atoms with van der Waals surface area (Å²) in [4.78, 5) is 8.32. The lowest BCUT2D eigenvalue weighted by atomic mass is 10.1. The number of anilines is 1. The van der Waals surface area contributed by atoms with Gasteiger partial charge in [0.05, 0.1) is 29.4 Å². The third kappa shape index (κ3) is 2.15. The highest BCUT2D eigenvalue weighted by Crippen LogP contribution is 2.31. The van der Waals surface area contributed by atoms with Gasteiger partial charge in [0.15, 0.2) is 0 Å². The number of methoxy groups -OCH3 is 1. The lowest BCUT2D eigenvalue weighted by molar-refractivity contribution is 0.136. The number of nitrogens with zero attached hydrogens (tertiary/aromatic N) is 3. The first-order valence-corrected chi connectivity index (χ1v) is 6.20. The molecule has 0 bridgehead atoms. The second-order valence-corrected chi connectivity index (χ2v) is 5.00. The minimum atomic E-state index is 0.0971. The molecule has 2 rings (SSSR count). The van der Waals surface area contributed by atoms with Crippen molar-refractivity contribution in [2.75, 3.05) is 19.5 Å². The van der Waals surface area contributed by atoms with Crippen LogP contribution in [0, 0.1) is 5.92 Å².